The monoisotopic (exact) mass is 312 g/mol. The van der Waals surface area contributed by atoms with E-state index in [0.29, 0.717) is 5.75 Å². The van der Waals surface area contributed by atoms with Crippen molar-refractivity contribution in [2.24, 2.45) is 0 Å². The Kier molecular flexibility index (Phi) is 4.21. The third-order valence-electron chi connectivity index (χ3n) is 3.19. The zero-order valence-electron chi connectivity index (χ0n) is 11.8. The maximum absolute atomic E-state index is 13.9. The van der Waals surface area contributed by atoms with E-state index in [-0.39, 0.29) is 11.1 Å². The molecule has 0 atom stereocenters. The summed E-state index contributed by atoms with van der Waals surface area (Å²) in [5, 5.41) is 0. The normalized spacial score (nSPS) is 11.4. The molecule has 2 nitrogen and oxygen atoms in total. The molecule has 2 aromatic carbocycles. The number of methoxy groups -OCH3 is 1. The number of ketones is 1. The molecule has 0 aliphatic heterocycles. The minimum Gasteiger partial charge on any atom is -0.497 e. The highest BCUT2D eigenvalue weighted by atomic mass is 19.4. The van der Waals surface area contributed by atoms with E-state index in [1.165, 1.54) is 25.3 Å². The first kappa shape index (κ1) is 16.0. The molecule has 0 aromatic heterocycles. The highest BCUT2D eigenvalue weighted by Gasteiger charge is 2.34. The molecule has 0 bridgehead atoms. The summed E-state index contributed by atoms with van der Waals surface area (Å²) < 4.78 is 58.1. The van der Waals surface area contributed by atoms with Crippen molar-refractivity contribution in [3.05, 3.63) is 53.3 Å². The van der Waals surface area contributed by atoms with Crippen molar-refractivity contribution in [1.82, 2.24) is 0 Å². The van der Waals surface area contributed by atoms with Gasteiger partial charge < -0.3 is 4.74 Å². The number of carbonyl (C=O) groups excluding carboxylic acids is 1. The minimum absolute atomic E-state index is 0.0220. The van der Waals surface area contributed by atoms with E-state index in [2.05, 4.69) is 0 Å². The smallest absolute Gasteiger partial charge is 0.417 e. The van der Waals surface area contributed by atoms with Crippen molar-refractivity contribution in [1.29, 1.82) is 0 Å². The summed E-state index contributed by atoms with van der Waals surface area (Å²) in [7, 11) is 1.37. The summed E-state index contributed by atoms with van der Waals surface area (Å²) in [6.07, 6.45) is -4.70. The molecule has 0 radical (unpaired) electrons. The first-order valence-electron chi connectivity index (χ1n) is 6.30. The Balaban J connectivity index is 2.66. The van der Waals surface area contributed by atoms with Gasteiger partial charge in [-0.1, -0.05) is 12.1 Å². The van der Waals surface area contributed by atoms with E-state index in [1.54, 1.807) is 0 Å². The minimum atomic E-state index is -4.70. The molecule has 0 unspecified atom stereocenters. The van der Waals surface area contributed by atoms with Crippen LogP contribution in [-0.4, -0.2) is 12.9 Å². The molecule has 0 aliphatic carbocycles. The summed E-state index contributed by atoms with van der Waals surface area (Å²) in [5.74, 6) is -1.06. The van der Waals surface area contributed by atoms with E-state index in [0.717, 1.165) is 25.1 Å². The average Bonchev–Trinajstić information content (AvgIpc) is 2.46. The molecule has 2 rings (SSSR count). The van der Waals surface area contributed by atoms with Gasteiger partial charge in [0.15, 0.2) is 5.78 Å². The standard InChI is InChI=1S/C16H12F4O2/c1-9(21)12-5-3-10(7-14(12)16(18,19)20)13-8-11(22-2)4-6-15(13)17/h3-8H,1-2H3. The molecule has 0 N–H and O–H groups in total. The fourth-order valence-electron chi connectivity index (χ4n) is 2.11. The number of carbonyl (C=O) groups is 1. The van der Waals surface area contributed by atoms with Gasteiger partial charge in [0, 0.05) is 11.1 Å². The number of Topliss-reactive ketones (excluding diaryl/α,β-unsaturated/α-hetero) is 1. The van der Waals surface area contributed by atoms with Gasteiger partial charge in [-0.3, -0.25) is 4.79 Å². The number of halogens is 4. The third kappa shape index (κ3) is 3.10. The van der Waals surface area contributed by atoms with Crippen molar-refractivity contribution in [3.63, 3.8) is 0 Å². The second-order valence-electron chi connectivity index (χ2n) is 4.66. The number of benzene rings is 2. The van der Waals surface area contributed by atoms with Crippen LogP contribution in [0.2, 0.25) is 0 Å². The summed E-state index contributed by atoms with van der Waals surface area (Å²) in [5.41, 5.74) is -1.53. The van der Waals surface area contributed by atoms with Gasteiger partial charge in [0.1, 0.15) is 11.6 Å². The number of rotatable bonds is 3. The van der Waals surface area contributed by atoms with Crippen LogP contribution in [0.15, 0.2) is 36.4 Å². The van der Waals surface area contributed by atoms with Crippen molar-refractivity contribution in [3.8, 4) is 16.9 Å². The predicted octanol–water partition coefficient (Wildman–Crippen LogP) is 4.72. The lowest BCUT2D eigenvalue weighted by atomic mass is 9.96. The molecular formula is C16H12F4O2. The first-order chi connectivity index (χ1) is 10.2. The second-order valence-corrected chi connectivity index (χ2v) is 4.66. The molecule has 0 fully saturated rings. The quantitative estimate of drug-likeness (QED) is 0.605. The Labute approximate surface area is 124 Å². The van der Waals surface area contributed by atoms with E-state index in [1.807, 2.05) is 0 Å². The van der Waals surface area contributed by atoms with Crippen LogP contribution in [0, 0.1) is 5.82 Å². The Hall–Kier alpha value is -2.37. The lowest BCUT2D eigenvalue weighted by Crippen LogP contribution is -2.12. The Morgan fingerprint density at radius 3 is 2.32 bits per heavy atom. The lowest BCUT2D eigenvalue weighted by Gasteiger charge is -2.14. The molecular weight excluding hydrogens is 300 g/mol. The van der Waals surface area contributed by atoms with Crippen molar-refractivity contribution in [2.75, 3.05) is 7.11 Å². The molecule has 0 heterocycles. The maximum atomic E-state index is 13.9. The summed E-state index contributed by atoms with van der Waals surface area (Å²) in [6.45, 7) is 1.05. The number of hydrogen-bond acceptors (Lipinski definition) is 2. The van der Waals surface area contributed by atoms with Crippen LogP contribution in [-0.2, 0) is 6.18 Å². The molecule has 22 heavy (non-hydrogen) atoms. The number of alkyl halides is 3. The molecule has 0 saturated carbocycles. The van der Waals surface area contributed by atoms with Crippen molar-refractivity contribution < 1.29 is 27.1 Å². The van der Waals surface area contributed by atoms with Gasteiger partial charge in [0.05, 0.1) is 12.7 Å². The van der Waals surface area contributed by atoms with Gasteiger partial charge in [-0.15, -0.1) is 0 Å². The van der Waals surface area contributed by atoms with Crippen LogP contribution >= 0.6 is 0 Å². The van der Waals surface area contributed by atoms with Crippen LogP contribution < -0.4 is 4.74 Å². The molecule has 6 heteroatoms. The Morgan fingerprint density at radius 2 is 1.77 bits per heavy atom. The van der Waals surface area contributed by atoms with Gasteiger partial charge in [-0.2, -0.15) is 13.2 Å². The first-order valence-corrected chi connectivity index (χ1v) is 6.30. The van der Waals surface area contributed by atoms with Gasteiger partial charge in [0.2, 0.25) is 0 Å². The molecule has 0 saturated heterocycles. The lowest BCUT2D eigenvalue weighted by molar-refractivity contribution is -0.137. The van der Waals surface area contributed by atoms with Crippen LogP contribution in [0.3, 0.4) is 0 Å². The van der Waals surface area contributed by atoms with E-state index in [9.17, 15) is 22.4 Å². The Bertz CT molecular complexity index is 721. The zero-order valence-corrected chi connectivity index (χ0v) is 11.8. The molecule has 0 spiro atoms. The molecule has 0 amide bonds. The number of hydrogen-bond donors (Lipinski definition) is 0. The van der Waals surface area contributed by atoms with Crippen LogP contribution in [0.25, 0.3) is 11.1 Å². The van der Waals surface area contributed by atoms with Gasteiger partial charge in [0.25, 0.3) is 0 Å². The molecule has 2 aromatic rings. The van der Waals surface area contributed by atoms with Crippen LogP contribution in [0.4, 0.5) is 17.6 Å². The van der Waals surface area contributed by atoms with Gasteiger partial charge in [-0.25, -0.2) is 4.39 Å². The van der Waals surface area contributed by atoms with E-state index >= 15 is 0 Å². The highest BCUT2D eigenvalue weighted by molar-refractivity contribution is 5.96. The van der Waals surface area contributed by atoms with Gasteiger partial charge >= 0.3 is 6.18 Å². The number of ether oxygens (including phenoxy) is 1. The van der Waals surface area contributed by atoms with Crippen LogP contribution in [0.5, 0.6) is 5.75 Å². The summed E-state index contributed by atoms with van der Waals surface area (Å²) in [4.78, 5) is 11.3. The second kappa shape index (κ2) is 5.79. The topological polar surface area (TPSA) is 26.3 Å². The molecule has 116 valence electrons. The SMILES string of the molecule is COc1ccc(F)c(-c2ccc(C(C)=O)c(C(F)(F)F)c2)c1. The Morgan fingerprint density at radius 1 is 1.09 bits per heavy atom. The van der Waals surface area contributed by atoms with Crippen molar-refractivity contribution in [2.45, 2.75) is 13.1 Å². The zero-order chi connectivity index (χ0) is 16.5. The summed E-state index contributed by atoms with van der Waals surface area (Å²) >= 11 is 0. The highest BCUT2D eigenvalue weighted by Crippen LogP contribution is 2.36. The maximum Gasteiger partial charge on any atom is 0.417 e. The van der Waals surface area contributed by atoms with E-state index < -0.39 is 28.9 Å². The predicted molar refractivity (Wildman–Crippen MR) is 73.4 cm³/mol. The largest absolute Gasteiger partial charge is 0.497 e. The third-order valence-corrected chi connectivity index (χ3v) is 3.19. The van der Waals surface area contributed by atoms with E-state index in [4.69, 9.17) is 4.74 Å². The van der Waals surface area contributed by atoms with Crippen LogP contribution in [0.1, 0.15) is 22.8 Å². The molecule has 0 aliphatic rings. The fraction of sp³-hybridized carbons (Fsp3) is 0.188. The van der Waals surface area contributed by atoms with Gasteiger partial charge in [-0.05, 0) is 36.8 Å². The fourth-order valence-corrected chi connectivity index (χ4v) is 2.11. The average molecular weight is 312 g/mol. The van der Waals surface area contributed by atoms with Crippen molar-refractivity contribution >= 4 is 5.78 Å². The summed E-state index contributed by atoms with van der Waals surface area (Å²) in [6, 6.07) is 6.89.